The van der Waals surface area contributed by atoms with Crippen molar-refractivity contribution in [3.8, 4) is 34.4 Å². The van der Waals surface area contributed by atoms with Crippen LogP contribution in [0.15, 0.2) is 78.6 Å². The topological polar surface area (TPSA) is 113 Å². The van der Waals surface area contributed by atoms with Gasteiger partial charge < -0.3 is 29.5 Å². The minimum absolute atomic E-state index is 0.200. The number of rotatable bonds is 16. The van der Waals surface area contributed by atoms with E-state index in [0.717, 1.165) is 82.2 Å². The zero-order chi connectivity index (χ0) is 35.6. The lowest BCUT2D eigenvalue weighted by Crippen LogP contribution is -2.24. The first-order valence-electron chi connectivity index (χ1n) is 17.1. The van der Waals surface area contributed by atoms with E-state index < -0.39 is 0 Å². The molecule has 9 nitrogen and oxygen atoms in total. The lowest BCUT2D eigenvalue weighted by atomic mass is 9.93. The number of aliphatic hydroxyl groups excluding tert-OH is 1. The van der Waals surface area contributed by atoms with E-state index in [0.29, 0.717) is 48.4 Å². The number of β-amino-alcohol motifs (C(OH)–C–C–N with tert-alkyl or cyclic N) is 1. The molecule has 1 saturated heterocycles. The summed E-state index contributed by atoms with van der Waals surface area (Å²) in [4.78, 5) is 10.8. The normalized spacial score (nSPS) is 14.4. The maximum absolute atomic E-state index is 9.79. The van der Waals surface area contributed by atoms with Gasteiger partial charge in [0, 0.05) is 73.9 Å². The molecular formula is C40H42ClN5O4S. The molecule has 1 atom stereocenters. The Labute approximate surface area is 308 Å². The smallest absolute Gasteiger partial charge is 0.142 e. The number of nitriles is 1. The Bertz CT molecular complexity index is 1970. The second-order valence-electron chi connectivity index (χ2n) is 12.7. The highest BCUT2D eigenvalue weighted by molar-refractivity contribution is 7.09. The maximum atomic E-state index is 9.79. The van der Waals surface area contributed by atoms with Gasteiger partial charge in [0.1, 0.15) is 41.5 Å². The Morgan fingerprint density at radius 1 is 0.961 bits per heavy atom. The van der Waals surface area contributed by atoms with Crippen molar-refractivity contribution in [2.45, 2.75) is 59.1 Å². The molecule has 0 unspecified atom stereocenters. The summed E-state index contributed by atoms with van der Waals surface area (Å²) in [5.41, 5.74) is 7.62. The number of hydrogen-bond donors (Lipinski definition) is 2. The molecule has 2 N–H and O–H groups in total. The van der Waals surface area contributed by atoms with Crippen LogP contribution in [0.1, 0.15) is 51.2 Å². The van der Waals surface area contributed by atoms with E-state index in [2.05, 4.69) is 64.4 Å². The first kappa shape index (κ1) is 36.3. The first-order chi connectivity index (χ1) is 24.9. The highest BCUT2D eigenvalue weighted by Crippen LogP contribution is 2.36. The number of nitrogens with zero attached hydrogens (tertiary/aromatic N) is 4. The van der Waals surface area contributed by atoms with Crippen LogP contribution < -0.4 is 19.5 Å². The summed E-state index contributed by atoms with van der Waals surface area (Å²) in [7, 11) is 0. The van der Waals surface area contributed by atoms with Crippen molar-refractivity contribution in [2.24, 2.45) is 0 Å². The van der Waals surface area contributed by atoms with Gasteiger partial charge in [-0.05, 0) is 72.7 Å². The Balaban J connectivity index is 1.15. The molecule has 0 amide bonds. The van der Waals surface area contributed by atoms with Crippen molar-refractivity contribution in [3.63, 3.8) is 0 Å². The largest absolute Gasteiger partial charge is 0.493 e. The summed E-state index contributed by atoms with van der Waals surface area (Å²) in [5, 5.41) is 25.9. The van der Waals surface area contributed by atoms with Crippen molar-refractivity contribution in [1.82, 2.24) is 20.2 Å². The van der Waals surface area contributed by atoms with E-state index in [4.69, 9.17) is 25.8 Å². The van der Waals surface area contributed by atoms with Crippen LogP contribution in [0.5, 0.6) is 17.2 Å². The average molecular weight is 724 g/mol. The molecule has 0 bridgehead atoms. The second kappa shape index (κ2) is 17.6. The van der Waals surface area contributed by atoms with Crippen LogP contribution in [-0.2, 0) is 26.3 Å². The standard InChI is InChI=1S/C40H42ClN5O4S/c1-27-31(6-3-7-34(27)35-8-4-9-37(28(35)2)48-14-5-12-46-13-10-33(47)24-46)26-50-39-18-38(49-25-30-16-29(19-42)20-43-21-30)32(17-36(39)41)22-44-23-40-45-11-15-51-40/h3-4,6-9,11,15-18,20-21,33,44,47H,5,10,12-14,22-26H2,1-2H3/t33-/m1/s1. The van der Waals surface area contributed by atoms with Crippen molar-refractivity contribution >= 4 is 22.9 Å². The fourth-order valence-corrected chi connectivity index (χ4v) is 7.05. The lowest BCUT2D eigenvalue weighted by Gasteiger charge is -2.19. The van der Waals surface area contributed by atoms with Crippen LogP contribution in [0.2, 0.25) is 5.02 Å². The van der Waals surface area contributed by atoms with Crippen molar-refractivity contribution < 1.29 is 19.3 Å². The van der Waals surface area contributed by atoms with Gasteiger partial charge in [-0.1, -0.05) is 41.9 Å². The third-order valence-electron chi connectivity index (χ3n) is 9.04. The predicted molar refractivity (Wildman–Crippen MR) is 200 cm³/mol. The number of hydrogen-bond acceptors (Lipinski definition) is 10. The number of halogens is 1. The van der Waals surface area contributed by atoms with E-state index >= 15 is 0 Å². The van der Waals surface area contributed by atoms with Crippen LogP contribution in [0, 0.1) is 25.2 Å². The van der Waals surface area contributed by atoms with Gasteiger partial charge in [0.2, 0.25) is 0 Å². The molecule has 1 fully saturated rings. The van der Waals surface area contributed by atoms with E-state index in [1.54, 1.807) is 29.8 Å². The fourth-order valence-electron chi connectivity index (χ4n) is 6.23. The Morgan fingerprint density at radius 3 is 2.57 bits per heavy atom. The summed E-state index contributed by atoms with van der Waals surface area (Å²) in [6.45, 7) is 9.15. The van der Waals surface area contributed by atoms with Crippen LogP contribution in [0.3, 0.4) is 0 Å². The number of nitrogens with one attached hydrogen (secondary N) is 1. The number of aromatic nitrogens is 2. The summed E-state index contributed by atoms with van der Waals surface area (Å²) in [5.74, 6) is 2.02. The van der Waals surface area contributed by atoms with Gasteiger partial charge in [0.05, 0.1) is 23.3 Å². The van der Waals surface area contributed by atoms with Crippen molar-refractivity contribution in [3.05, 3.63) is 122 Å². The van der Waals surface area contributed by atoms with Crippen molar-refractivity contribution in [2.75, 3.05) is 26.2 Å². The fraction of sp³-hybridized carbons (Fsp3) is 0.325. The average Bonchev–Trinajstić information content (AvgIpc) is 3.82. The number of likely N-dealkylation sites (tertiary alicyclic amines) is 1. The molecular weight excluding hydrogens is 682 g/mol. The van der Waals surface area contributed by atoms with Crippen molar-refractivity contribution in [1.29, 1.82) is 5.26 Å². The summed E-state index contributed by atoms with van der Waals surface area (Å²) >= 11 is 8.41. The first-order valence-corrected chi connectivity index (χ1v) is 18.4. The number of benzene rings is 3. The molecule has 1 aliphatic heterocycles. The molecule has 5 aromatic rings. The number of aliphatic hydroxyl groups is 1. The highest BCUT2D eigenvalue weighted by Gasteiger charge is 2.20. The van der Waals surface area contributed by atoms with E-state index in [1.165, 1.54) is 6.20 Å². The SMILES string of the molecule is Cc1c(COc2cc(OCc3cncc(C#N)c3)c(CNCc3nccs3)cc2Cl)cccc1-c1cccc(OCCCN2CC[C@@H](O)C2)c1C. The van der Waals surface area contributed by atoms with Gasteiger partial charge >= 0.3 is 0 Å². The molecule has 0 spiro atoms. The molecule has 51 heavy (non-hydrogen) atoms. The highest BCUT2D eigenvalue weighted by atomic mass is 35.5. The van der Waals surface area contributed by atoms with Crippen LogP contribution in [0.25, 0.3) is 11.1 Å². The number of ether oxygens (including phenoxy) is 3. The monoisotopic (exact) mass is 723 g/mol. The van der Waals surface area contributed by atoms with Gasteiger partial charge in [0.25, 0.3) is 0 Å². The van der Waals surface area contributed by atoms with Gasteiger partial charge in [-0.25, -0.2) is 4.98 Å². The molecule has 2 aromatic heterocycles. The molecule has 1 aliphatic rings. The third-order valence-corrected chi connectivity index (χ3v) is 10.1. The van der Waals surface area contributed by atoms with Crippen LogP contribution in [-0.4, -0.2) is 52.3 Å². The molecule has 264 valence electrons. The number of pyridine rings is 1. The molecule has 6 rings (SSSR count). The molecule has 0 radical (unpaired) electrons. The molecule has 0 aliphatic carbocycles. The van der Waals surface area contributed by atoms with Crippen LogP contribution in [0.4, 0.5) is 0 Å². The van der Waals surface area contributed by atoms with E-state index in [1.807, 2.05) is 29.6 Å². The summed E-state index contributed by atoms with van der Waals surface area (Å²) in [6.07, 6.45) is 6.57. The Morgan fingerprint density at radius 2 is 1.78 bits per heavy atom. The minimum Gasteiger partial charge on any atom is -0.493 e. The second-order valence-corrected chi connectivity index (χ2v) is 14.0. The zero-order valence-corrected chi connectivity index (χ0v) is 30.5. The van der Waals surface area contributed by atoms with Gasteiger partial charge in [-0.2, -0.15) is 5.26 Å². The quantitative estimate of drug-likeness (QED) is 0.0993. The Hall–Kier alpha value is -4.50. The Kier molecular flexibility index (Phi) is 12.5. The molecule has 3 aromatic carbocycles. The molecule has 0 saturated carbocycles. The summed E-state index contributed by atoms with van der Waals surface area (Å²) < 4.78 is 18.9. The van der Waals surface area contributed by atoms with E-state index in [-0.39, 0.29) is 12.7 Å². The lowest BCUT2D eigenvalue weighted by molar-refractivity contribution is 0.173. The van der Waals surface area contributed by atoms with E-state index in [9.17, 15) is 10.4 Å². The zero-order valence-electron chi connectivity index (χ0n) is 28.9. The predicted octanol–water partition coefficient (Wildman–Crippen LogP) is 7.63. The third kappa shape index (κ3) is 9.64. The van der Waals surface area contributed by atoms with Crippen LogP contribution >= 0.6 is 22.9 Å². The maximum Gasteiger partial charge on any atom is 0.142 e. The van der Waals surface area contributed by atoms with Gasteiger partial charge in [-0.3, -0.25) is 4.98 Å². The van der Waals surface area contributed by atoms with Gasteiger partial charge in [-0.15, -0.1) is 11.3 Å². The summed E-state index contributed by atoms with van der Waals surface area (Å²) in [6, 6.07) is 20.0. The number of thiazole rings is 1. The molecule has 11 heteroatoms. The van der Waals surface area contributed by atoms with Gasteiger partial charge in [0.15, 0.2) is 0 Å². The molecule has 3 heterocycles. The minimum atomic E-state index is -0.200.